The molecule has 3 rings (SSSR count). The molecule has 1 aromatic carbocycles. The lowest BCUT2D eigenvalue weighted by Crippen LogP contribution is -2.36. The molecule has 0 radical (unpaired) electrons. The van der Waals surface area contributed by atoms with E-state index < -0.39 is 5.60 Å². The maximum Gasteiger partial charge on any atom is 0.415 e. The van der Waals surface area contributed by atoms with E-state index in [2.05, 4.69) is 9.97 Å². The van der Waals surface area contributed by atoms with Crippen LogP contribution in [0.15, 0.2) is 54.9 Å². The van der Waals surface area contributed by atoms with Crippen molar-refractivity contribution in [2.24, 2.45) is 0 Å². The van der Waals surface area contributed by atoms with Crippen LogP contribution in [0, 0.1) is 6.92 Å². The summed E-state index contributed by atoms with van der Waals surface area (Å²) in [6, 6.07) is 13.7. The Bertz CT molecular complexity index is 902. The number of nitrogens with zero attached hydrogens (tertiary/aromatic N) is 3. The maximum atomic E-state index is 12.9. The Morgan fingerprint density at radius 3 is 2.52 bits per heavy atom. The van der Waals surface area contributed by atoms with Gasteiger partial charge < -0.3 is 4.74 Å². The number of hydrogen-bond donors (Lipinski definition) is 0. The van der Waals surface area contributed by atoms with E-state index >= 15 is 0 Å². The standard InChI is InChI=1S/C21H23N3O2S/c1-15-19(27-18(23-15)17-11-8-12-22-13-17)24(20(25)26-21(2,3)4)14-16-9-6-5-7-10-16/h5-13H,14H2,1-4H3. The van der Waals surface area contributed by atoms with Gasteiger partial charge in [-0.05, 0) is 45.4 Å². The van der Waals surface area contributed by atoms with Crippen LogP contribution < -0.4 is 4.90 Å². The largest absolute Gasteiger partial charge is 0.443 e. The SMILES string of the molecule is Cc1nc(-c2cccnc2)sc1N(Cc1ccccc1)C(=O)OC(C)(C)C. The van der Waals surface area contributed by atoms with Gasteiger partial charge in [-0.2, -0.15) is 0 Å². The van der Waals surface area contributed by atoms with Crippen molar-refractivity contribution in [1.82, 2.24) is 9.97 Å². The van der Waals surface area contributed by atoms with Crippen molar-refractivity contribution in [3.05, 3.63) is 66.1 Å². The fourth-order valence-corrected chi connectivity index (χ4v) is 3.60. The summed E-state index contributed by atoms with van der Waals surface area (Å²) in [6.07, 6.45) is 3.13. The van der Waals surface area contributed by atoms with Crippen molar-refractivity contribution in [2.75, 3.05) is 4.90 Å². The lowest BCUT2D eigenvalue weighted by Gasteiger charge is -2.26. The molecule has 0 saturated carbocycles. The summed E-state index contributed by atoms with van der Waals surface area (Å²) in [4.78, 5) is 23.4. The van der Waals surface area contributed by atoms with E-state index in [0.29, 0.717) is 6.54 Å². The first-order valence-corrected chi connectivity index (χ1v) is 9.57. The average molecular weight is 382 g/mol. The van der Waals surface area contributed by atoms with E-state index in [4.69, 9.17) is 4.74 Å². The molecule has 0 aliphatic carbocycles. The molecule has 0 unspecified atom stereocenters. The molecule has 0 atom stereocenters. The number of carbonyl (C=O) groups excluding carboxylic acids is 1. The summed E-state index contributed by atoms with van der Waals surface area (Å²) >= 11 is 1.47. The van der Waals surface area contributed by atoms with Gasteiger partial charge in [-0.25, -0.2) is 9.78 Å². The van der Waals surface area contributed by atoms with E-state index in [1.165, 1.54) is 11.3 Å². The van der Waals surface area contributed by atoms with E-state index in [1.807, 2.05) is 70.2 Å². The minimum absolute atomic E-state index is 0.379. The summed E-state index contributed by atoms with van der Waals surface area (Å²) in [5, 5.41) is 1.61. The molecule has 27 heavy (non-hydrogen) atoms. The second-order valence-electron chi connectivity index (χ2n) is 7.20. The zero-order valence-electron chi connectivity index (χ0n) is 16.0. The van der Waals surface area contributed by atoms with Crippen LogP contribution in [0.5, 0.6) is 0 Å². The summed E-state index contributed by atoms with van der Waals surface area (Å²) < 4.78 is 5.65. The fourth-order valence-electron chi connectivity index (χ4n) is 2.55. The first-order valence-electron chi connectivity index (χ1n) is 8.76. The van der Waals surface area contributed by atoms with Crippen LogP contribution in [-0.4, -0.2) is 21.7 Å². The topological polar surface area (TPSA) is 55.3 Å². The van der Waals surface area contributed by atoms with Gasteiger partial charge in [0, 0.05) is 18.0 Å². The summed E-state index contributed by atoms with van der Waals surface area (Å²) in [5.74, 6) is 0. The summed E-state index contributed by atoms with van der Waals surface area (Å²) in [5.41, 5.74) is 2.18. The number of anilines is 1. The highest BCUT2D eigenvalue weighted by Gasteiger charge is 2.27. The molecule has 2 aromatic heterocycles. The quantitative estimate of drug-likeness (QED) is 0.602. The molecule has 0 aliphatic rings. The molecule has 140 valence electrons. The fraction of sp³-hybridized carbons (Fsp3) is 0.286. The molecule has 0 aliphatic heterocycles. The molecule has 0 saturated heterocycles. The number of amides is 1. The van der Waals surface area contributed by atoms with Gasteiger partial charge in [0.15, 0.2) is 0 Å². The molecule has 0 bridgehead atoms. The van der Waals surface area contributed by atoms with Gasteiger partial charge in [0.25, 0.3) is 0 Å². The van der Waals surface area contributed by atoms with Crippen LogP contribution in [0.1, 0.15) is 32.0 Å². The van der Waals surface area contributed by atoms with Crippen LogP contribution in [0.3, 0.4) is 0 Å². The van der Waals surface area contributed by atoms with Crippen molar-refractivity contribution in [2.45, 2.75) is 39.8 Å². The number of aromatic nitrogens is 2. The summed E-state index contributed by atoms with van der Waals surface area (Å²) in [7, 11) is 0. The van der Waals surface area contributed by atoms with Gasteiger partial charge in [-0.15, -0.1) is 0 Å². The number of carbonyl (C=O) groups is 1. The Balaban J connectivity index is 1.97. The molecular formula is C21H23N3O2S. The number of benzene rings is 1. The smallest absolute Gasteiger partial charge is 0.415 e. The van der Waals surface area contributed by atoms with Gasteiger partial charge in [-0.3, -0.25) is 9.88 Å². The van der Waals surface area contributed by atoms with E-state index in [-0.39, 0.29) is 6.09 Å². The Morgan fingerprint density at radius 1 is 1.15 bits per heavy atom. The molecule has 0 fully saturated rings. The van der Waals surface area contributed by atoms with Crippen LogP contribution >= 0.6 is 11.3 Å². The molecule has 3 aromatic rings. The van der Waals surface area contributed by atoms with Crippen LogP contribution in [0.4, 0.5) is 9.80 Å². The molecule has 1 amide bonds. The lowest BCUT2D eigenvalue weighted by molar-refractivity contribution is 0.0578. The highest BCUT2D eigenvalue weighted by atomic mass is 32.1. The number of rotatable bonds is 4. The maximum absolute atomic E-state index is 12.9. The third-order valence-electron chi connectivity index (χ3n) is 3.72. The Labute approximate surface area is 163 Å². The van der Waals surface area contributed by atoms with Gasteiger partial charge in [-0.1, -0.05) is 41.7 Å². The second-order valence-corrected chi connectivity index (χ2v) is 8.18. The van der Waals surface area contributed by atoms with Crippen molar-refractivity contribution in [3.8, 4) is 10.6 Å². The second kappa shape index (κ2) is 7.88. The first-order chi connectivity index (χ1) is 12.8. The Kier molecular flexibility index (Phi) is 5.56. The number of aryl methyl sites for hydroxylation is 1. The van der Waals surface area contributed by atoms with Crippen molar-refractivity contribution in [3.63, 3.8) is 0 Å². The molecule has 5 nitrogen and oxygen atoms in total. The lowest BCUT2D eigenvalue weighted by atomic mass is 10.2. The third kappa shape index (κ3) is 4.92. The highest BCUT2D eigenvalue weighted by molar-refractivity contribution is 7.19. The minimum atomic E-state index is -0.573. The normalized spacial score (nSPS) is 11.3. The van der Waals surface area contributed by atoms with Gasteiger partial charge in [0.2, 0.25) is 0 Å². The average Bonchev–Trinajstić information content (AvgIpc) is 3.01. The van der Waals surface area contributed by atoms with E-state index in [1.54, 1.807) is 17.3 Å². The predicted octanol–water partition coefficient (Wildman–Crippen LogP) is 5.46. The van der Waals surface area contributed by atoms with E-state index in [0.717, 1.165) is 26.8 Å². The molecule has 0 spiro atoms. The van der Waals surface area contributed by atoms with Gasteiger partial charge in [0.1, 0.15) is 15.6 Å². The Hall–Kier alpha value is -2.73. The monoisotopic (exact) mass is 381 g/mol. The predicted molar refractivity (Wildman–Crippen MR) is 109 cm³/mol. The molecular weight excluding hydrogens is 358 g/mol. The minimum Gasteiger partial charge on any atom is -0.443 e. The van der Waals surface area contributed by atoms with E-state index in [9.17, 15) is 4.79 Å². The molecule has 2 heterocycles. The van der Waals surface area contributed by atoms with Crippen LogP contribution in [0.25, 0.3) is 10.6 Å². The van der Waals surface area contributed by atoms with Crippen LogP contribution in [-0.2, 0) is 11.3 Å². The van der Waals surface area contributed by atoms with Gasteiger partial charge in [0.05, 0.1) is 12.2 Å². The molecule has 6 heteroatoms. The number of thiazole rings is 1. The van der Waals surface area contributed by atoms with Gasteiger partial charge >= 0.3 is 6.09 Å². The zero-order valence-corrected chi connectivity index (χ0v) is 16.8. The zero-order chi connectivity index (χ0) is 19.4. The van der Waals surface area contributed by atoms with Crippen molar-refractivity contribution < 1.29 is 9.53 Å². The number of hydrogen-bond acceptors (Lipinski definition) is 5. The van der Waals surface area contributed by atoms with Crippen LogP contribution in [0.2, 0.25) is 0 Å². The number of pyridine rings is 1. The van der Waals surface area contributed by atoms with Crippen molar-refractivity contribution >= 4 is 22.4 Å². The van der Waals surface area contributed by atoms with Crippen molar-refractivity contribution in [1.29, 1.82) is 0 Å². The first kappa shape index (κ1) is 19.0. The third-order valence-corrected chi connectivity index (χ3v) is 4.95. The number of ether oxygens (including phenoxy) is 1. The highest BCUT2D eigenvalue weighted by Crippen LogP contribution is 2.35. The summed E-state index contributed by atoms with van der Waals surface area (Å²) in [6.45, 7) is 7.93. The molecule has 0 N–H and O–H groups in total. The Morgan fingerprint density at radius 2 is 1.89 bits per heavy atom.